The molecular formula is C18H20O3. The van der Waals surface area contributed by atoms with Crippen molar-refractivity contribution in [1.82, 2.24) is 0 Å². The topological polar surface area (TPSA) is 35.5 Å². The molecule has 0 atom stereocenters. The standard InChI is InChI=1S/C18H20O3/c1-11-6-7-14(10-16(11)20-4)17(19)15-8-12(2)18(21-5)13(3)9-15/h6-10H,1-5H3. The van der Waals surface area contributed by atoms with Gasteiger partial charge in [-0.25, -0.2) is 0 Å². The lowest BCUT2D eigenvalue weighted by Crippen LogP contribution is -2.04. The Morgan fingerprint density at radius 2 is 1.43 bits per heavy atom. The average Bonchev–Trinajstić information content (AvgIpc) is 2.46. The van der Waals surface area contributed by atoms with E-state index in [0.29, 0.717) is 11.1 Å². The summed E-state index contributed by atoms with van der Waals surface area (Å²) in [5, 5.41) is 0. The number of hydrogen-bond donors (Lipinski definition) is 0. The summed E-state index contributed by atoms with van der Waals surface area (Å²) in [5.74, 6) is 1.54. The molecule has 2 aromatic rings. The zero-order valence-electron chi connectivity index (χ0n) is 13.1. The maximum absolute atomic E-state index is 12.6. The maximum atomic E-state index is 12.6. The first-order chi connectivity index (χ1) is 9.97. The lowest BCUT2D eigenvalue weighted by Gasteiger charge is -2.12. The Morgan fingerprint density at radius 3 is 1.95 bits per heavy atom. The number of benzene rings is 2. The molecule has 2 aromatic carbocycles. The molecule has 0 saturated heterocycles. The van der Waals surface area contributed by atoms with E-state index < -0.39 is 0 Å². The van der Waals surface area contributed by atoms with Crippen molar-refractivity contribution in [2.75, 3.05) is 14.2 Å². The zero-order chi connectivity index (χ0) is 15.6. The third-order valence-corrected chi connectivity index (χ3v) is 3.60. The molecule has 0 aliphatic heterocycles. The number of hydrogen-bond acceptors (Lipinski definition) is 3. The van der Waals surface area contributed by atoms with Crippen molar-refractivity contribution in [3.63, 3.8) is 0 Å². The molecule has 0 unspecified atom stereocenters. The molecule has 0 aliphatic rings. The number of carbonyl (C=O) groups is 1. The summed E-state index contributed by atoms with van der Waals surface area (Å²) >= 11 is 0. The average molecular weight is 284 g/mol. The van der Waals surface area contributed by atoms with Gasteiger partial charge >= 0.3 is 0 Å². The van der Waals surface area contributed by atoms with Crippen molar-refractivity contribution in [2.24, 2.45) is 0 Å². The fourth-order valence-corrected chi connectivity index (χ4v) is 2.53. The number of rotatable bonds is 4. The third-order valence-electron chi connectivity index (χ3n) is 3.60. The zero-order valence-corrected chi connectivity index (χ0v) is 13.1. The second-order valence-corrected chi connectivity index (χ2v) is 5.16. The number of ether oxygens (including phenoxy) is 2. The lowest BCUT2D eigenvalue weighted by atomic mass is 9.97. The first-order valence-electron chi connectivity index (χ1n) is 6.82. The van der Waals surface area contributed by atoms with E-state index in [1.165, 1.54) is 0 Å². The molecule has 0 aliphatic carbocycles. The Balaban J connectivity index is 2.45. The molecule has 3 nitrogen and oxygen atoms in total. The van der Waals surface area contributed by atoms with Gasteiger partial charge in [-0.15, -0.1) is 0 Å². The third kappa shape index (κ3) is 2.92. The van der Waals surface area contributed by atoms with Crippen molar-refractivity contribution in [3.8, 4) is 11.5 Å². The van der Waals surface area contributed by atoms with Gasteiger partial charge in [-0.1, -0.05) is 12.1 Å². The largest absolute Gasteiger partial charge is 0.496 e. The van der Waals surface area contributed by atoms with Gasteiger partial charge in [-0.2, -0.15) is 0 Å². The van der Waals surface area contributed by atoms with Gasteiger partial charge < -0.3 is 9.47 Å². The highest BCUT2D eigenvalue weighted by Crippen LogP contribution is 2.27. The minimum atomic E-state index is -0.0119. The Kier molecular flexibility index (Phi) is 4.32. The molecule has 2 rings (SSSR count). The van der Waals surface area contributed by atoms with Gasteiger partial charge in [-0.05, 0) is 55.7 Å². The second kappa shape index (κ2) is 6.00. The van der Waals surface area contributed by atoms with Crippen LogP contribution in [0, 0.1) is 20.8 Å². The Hall–Kier alpha value is -2.29. The summed E-state index contributed by atoms with van der Waals surface area (Å²) in [5.41, 5.74) is 4.22. The van der Waals surface area contributed by atoms with Crippen molar-refractivity contribution < 1.29 is 14.3 Å². The number of ketones is 1. The van der Waals surface area contributed by atoms with Crippen molar-refractivity contribution in [2.45, 2.75) is 20.8 Å². The van der Waals surface area contributed by atoms with Crippen LogP contribution in [0.5, 0.6) is 11.5 Å². The van der Waals surface area contributed by atoms with Crippen molar-refractivity contribution in [1.29, 1.82) is 0 Å². The van der Waals surface area contributed by atoms with Crippen molar-refractivity contribution >= 4 is 5.78 Å². The van der Waals surface area contributed by atoms with Crippen LogP contribution in [0.3, 0.4) is 0 Å². The fourth-order valence-electron chi connectivity index (χ4n) is 2.53. The van der Waals surface area contributed by atoms with Crippen LogP contribution in [0.4, 0.5) is 0 Å². The van der Waals surface area contributed by atoms with Crippen LogP contribution in [0.25, 0.3) is 0 Å². The highest BCUT2D eigenvalue weighted by molar-refractivity contribution is 6.09. The molecule has 0 saturated carbocycles. The van der Waals surface area contributed by atoms with Crippen LogP contribution in [0.15, 0.2) is 30.3 Å². The van der Waals surface area contributed by atoms with Gasteiger partial charge in [0.05, 0.1) is 14.2 Å². The summed E-state index contributed by atoms with van der Waals surface area (Å²) < 4.78 is 10.6. The van der Waals surface area contributed by atoms with E-state index in [-0.39, 0.29) is 5.78 Å². The number of methoxy groups -OCH3 is 2. The lowest BCUT2D eigenvalue weighted by molar-refractivity contribution is 0.103. The maximum Gasteiger partial charge on any atom is 0.193 e. The summed E-state index contributed by atoms with van der Waals surface area (Å²) in [7, 11) is 3.25. The normalized spacial score (nSPS) is 10.3. The second-order valence-electron chi connectivity index (χ2n) is 5.16. The van der Waals surface area contributed by atoms with Crippen LogP contribution in [0.2, 0.25) is 0 Å². The van der Waals surface area contributed by atoms with Crippen LogP contribution in [-0.4, -0.2) is 20.0 Å². The summed E-state index contributed by atoms with van der Waals surface area (Å²) in [6, 6.07) is 9.23. The SMILES string of the molecule is COc1cc(C(=O)c2cc(C)c(OC)c(C)c2)ccc1C. The van der Waals surface area contributed by atoms with Gasteiger partial charge in [0.25, 0.3) is 0 Å². The monoisotopic (exact) mass is 284 g/mol. The molecule has 0 fully saturated rings. The highest BCUT2D eigenvalue weighted by atomic mass is 16.5. The molecule has 0 N–H and O–H groups in total. The van der Waals surface area contributed by atoms with Crippen LogP contribution >= 0.6 is 0 Å². The molecule has 0 spiro atoms. The molecule has 0 aromatic heterocycles. The Labute approximate surface area is 125 Å². The van der Waals surface area contributed by atoms with E-state index >= 15 is 0 Å². The number of carbonyl (C=O) groups excluding carboxylic acids is 1. The van der Waals surface area contributed by atoms with Crippen molar-refractivity contribution in [3.05, 3.63) is 58.1 Å². The van der Waals surface area contributed by atoms with E-state index in [0.717, 1.165) is 28.2 Å². The molecule has 0 bridgehead atoms. The smallest absolute Gasteiger partial charge is 0.193 e. The van der Waals surface area contributed by atoms with E-state index in [4.69, 9.17) is 9.47 Å². The number of aryl methyl sites for hydroxylation is 3. The highest BCUT2D eigenvalue weighted by Gasteiger charge is 2.14. The first kappa shape index (κ1) is 15.1. The quantitative estimate of drug-likeness (QED) is 0.800. The van der Waals surface area contributed by atoms with Crippen LogP contribution < -0.4 is 9.47 Å². The summed E-state index contributed by atoms with van der Waals surface area (Å²) in [6.07, 6.45) is 0. The minimum absolute atomic E-state index is 0.0119. The molecular weight excluding hydrogens is 264 g/mol. The Bertz CT molecular complexity index is 664. The van der Waals surface area contributed by atoms with E-state index in [1.807, 2.05) is 45.0 Å². The Morgan fingerprint density at radius 1 is 0.810 bits per heavy atom. The molecule has 3 heteroatoms. The summed E-state index contributed by atoms with van der Waals surface area (Å²) in [4.78, 5) is 12.6. The van der Waals surface area contributed by atoms with E-state index in [2.05, 4.69) is 0 Å². The molecule has 110 valence electrons. The first-order valence-corrected chi connectivity index (χ1v) is 6.82. The predicted octanol–water partition coefficient (Wildman–Crippen LogP) is 3.86. The van der Waals surface area contributed by atoms with E-state index in [1.54, 1.807) is 20.3 Å². The van der Waals surface area contributed by atoms with E-state index in [9.17, 15) is 4.79 Å². The molecule has 0 heterocycles. The van der Waals surface area contributed by atoms with Gasteiger partial charge in [0.15, 0.2) is 5.78 Å². The predicted molar refractivity (Wildman–Crippen MR) is 83.6 cm³/mol. The van der Waals surface area contributed by atoms with Gasteiger partial charge in [-0.3, -0.25) is 4.79 Å². The summed E-state index contributed by atoms with van der Waals surface area (Å²) in [6.45, 7) is 5.84. The van der Waals surface area contributed by atoms with Gasteiger partial charge in [0.2, 0.25) is 0 Å². The molecule has 0 amide bonds. The van der Waals surface area contributed by atoms with Gasteiger partial charge in [0.1, 0.15) is 11.5 Å². The fraction of sp³-hybridized carbons (Fsp3) is 0.278. The van der Waals surface area contributed by atoms with Crippen LogP contribution in [-0.2, 0) is 0 Å². The minimum Gasteiger partial charge on any atom is -0.496 e. The van der Waals surface area contributed by atoms with Crippen LogP contribution in [0.1, 0.15) is 32.6 Å². The molecule has 0 radical (unpaired) electrons. The molecule has 21 heavy (non-hydrogen) atoms. The van der Waals surface area contributed by atoms with Gasteiger partial charge in [0, 0.05) is 11.1 Å².